The average Bonchev–Trinajstić information content (AvgIpc) is 2.14. The van der Waals surface area contributed by atoms with Crippen LogP contribution in [0.15, 0.2) is 12.3 Å². The minimum Gasteiger partial charge on any atom is -0.454 e. The Hall–Kier alpha value is -1.86. The van der Waals surface area contributed by atoms with Crippen molar-refractivity contribution in [2.75, 3.05) is 6.61 Å². The summed E-state index contributed by atoms with van der Waals surface area (Å²) in [6, 6.07) is 0.836. The quantitative estimate of drug-likeness (QED) is 0.580. The standard InChI is InChI=1S/C7H7F3N4O/c8-7(9,10)3-15-6-13-2-1-4(14-6)5(11)12/h1-2H,3H2,(H3,11,12). The van der Waals surface area contributed by atoms with Gasteiger partial charge in [-0.25, -0.2) is 4.98 Å². The molecule has 0 saturated carbocycles. The van der Waals surface area contributed by atoms with Crippen molar-refractivity contribution in [3.8, 4) is 6.01 Å². The van der Waals surface area contributed by atoms with Gasteiger partial charge >= 0.3 is 12.2 Å². The predicted molar refractivity (Wildman–Crippen MR) is 44.6 cm³/mol. The molecule has 1 aromatic heterocycles. The van der Waals surface area contributed by atoms with Gasteiger partial charge in [-0.1, -0.05) is 0 Å². The third-order valence-electron chi connectivity index (χ3n) is 1.27. The van der Waals surface area contributed by atoms with E-state index in [-0.39, 0.29) is 11.5 Å². The van der Waals surface area contributed by atoms with Crippen molar-refractivity contribution in [1.29, 1.82) is 5.41 Å². The lowest BCUT2D eigenvalue weighted by Gasteiger charge is -2.07. The summed E-state index contributed by atoms with van der Waals surface area (Å²) in [4.78, 5) is 6.93. The molecule has 0 spiro atoms. The number of rotatable bonds is 3. The molecule has 82 valence electrons. The Morgan fingerprint density at radius 2 is 2.20 bits per heavy atom. The fourth-order valence-electron chi connectivity index (χ4n) is 0.707. The first kappa shape index (κ1) is 11.2. The summed E-state index contributed by atoms with van der Waals surface area (Å²) in [5.74, 6) is -0.366. The highest BCUT2D eigenvalue weighted by molar-refractivity contribution is 5.92. The lowest BCUT2D eigenvalue weighted by molar-refractivity contribution is -0.154. The Morgan fingerprint density at radius 1 is 1.53 bits per heavy atom. The van der Waals surface area contributed by atoms with Crippen LogP contribution in [0, 0.1) is 5.41 Å². The van der Waals surface area contributed by atoms with E-state index in [0.717, 1.165) is 6.20 Å². The van der Waals surface area contributed by atoms with Gasteiger partial charge in [-0.2, -0.15) is 18.2 Å². The number of ether oxygens (including phenoxy) is 1. The van der Waals surface area contributed by atoms with Crippen LogP contribution in [-0.2, 0) is 0 Å². The molecular weight excluding hydrogens is 213 g/mol. The van der Waals surface area contributed by atoms with Crippen LogP contribution in [0.25, 0.3) is 0 Å². The van der Waals surface area contributed by atoms with Gasteiger partial charge in [0.25, 0.3) is 0 Å². The van der Waals surface area contributed by atoms with Gasteiger partial charge < -0.3 is 10.5 Å². The largest absolute Gasteiger partial charge is 0.454 e. The van der Waals surface area contributed by atoms with Crippen LogP contribution < -0.4 is 10.5 Å². The van der Waals surface area contributed by atoms with Crippen LogP contribution in [0.2, 0.25) is 0 Å². The van der Waals surface area contributed by atoms with Crippen LogP contribution in [0.1, 0.15) is 5.69 Å². The fourth-order valence-corrected chi connectivity index (χ4v) is 0.707. The van der Waals surface area contributed by atoms with Crippen LogP contribution in [0.3, 0.4) is 0 Å². The second kappa shape index (κ2) is 4.11. The Morgan fingerprint density at radius 3 is 2.73 bits per heavy atom. The van der Waals surface area contributed by atoms with E-state index in [9.17, 15) is 13.2 Å². The molecule has 0 saturated heterocycles. The molecule has 0 aliphatic carbocycles. The molecule has 0 bridgehead atoms. The molecule has 0 aromatic carbocycles. The van der Waals surface area contributed by atoms with E-state index in [1.54, 1.807) is 0 Å². The first-order valence-electron chi connectivity index (χ1n) is 3.75. The molecule has 3 N–H and O–H groups in total. The first-order chi connectivity index (χ1) is 6.88. The highest BCUT2D eigenvalue weighted by atomic mass is 19.4. The van der Waals surface area contributed by atoms with Gasteiger partial charge in [-0.3, -0.25) is 5.41 Å². The molecule has 15 heavy (non-hydrogen) atoms. The zero-order valence-corrected chi connectivity index (χ0v) is 7.38. The van der Waals surface area contributed by atoms with Gasteiger partial charge in [0.05, 0.1) is 0 Å². The molecule has 1 aromatic rings. The first-order valence-corrected chi connectivity index (χ1v) is 3.75. The molecular formula is C7H7F3N4O. The van der Waals surface area contributed by atoms with Crippen molar-refractivity contribution in [3.05, 3.63) is 18.0 Å². The number of hydrogen-bond donors (Lipinski definition) is 2. The zero-order valence-electron chi connectivity index (χ0n) is 7.38. The average molecular weight is 220 g/mol. The van der Waals surface area contributed by atoms with Crippen LogP contribution in [0.4, 0.5) is 13.2 Å². The summed E-state index contributed by atoms with van der Waals surface area (Å²) in [6.07, 6.45) is -3.29. The SMILES string of the molecule is N=C(N)c1ccnc(OCC(F)(F)F)n1. The van der Waals surface area contributed by atoms with Gasteiger partial charge in [0.15, 0.2) is 6.61 Å². The van der Waals surface area contributed by atoms with E-state index in [1.807, 2.05) is 0 Å². The summed E-state index contributed by atoms with van der Waals surface area (Å²) in [5.41, 5.74) is 5.10. The lowest BCUT2D eigenvalue weighted by atomic mass is 10.4. The van der Waals surface area contributed by atoms with Gasteiger partial charge in [0.1, 0.15) is 11.5 Å². The Kier molecular flexibility index (Phi) is 3.08. The number of nitrogen functional groups attached to an aromatic ring is 1. The number of halogens is 3. The highest BCUT2D eigenvalue weighted by Crippen LogP contribution is 2.15. The van der Waals surface area contributed by atoms with Crippen molar-refractivity contribution < 1.29 is 17.9 Å². The third-order valence-corrected chi connectivity index (χ3v) is 1.27. The number of alkyl halides is 3. The Bertz CT molecular complexity index is 365. The Labute approximate surface area is 82.6 Å². The normalized spacial score (nSPS) is 11.1. The van der Waals surface area contributed by atoms with Crippen molar-refractivity contribution >= 4 is 5.84 Å². The van der Waals surface area contributed by atoms with Gasteiger partial charge in [-0.15, -0.1) is 0 Å². The monoisotopic (exact) mass is 220 g/mol. The molecule has 0 amide bonds. The number of amidine groups is 1. The van der Waals surface area contributed by atoms with E-state index in [4.69, 9.17) is 11.1 Å². The Balaban J connectivity index is 2.70. The number of nitrogens with one attached hydrogen (secondary N) is 1. The van der Waals surface area contributed by atoms with Crippen molar-refractivity contribution in [2.24, 2.45) is 5.73 Å². The van der Waals surface area contributed by atoms with Gasteiger partial charge in [0, 0.05) is 6.20 Å². The maximum Gasteiger partial charge on any atom is 0.422 e. The van der Waals surface area contributed by atoms with E-state index in [2.05, 4.69) is 14.7 Å². The number of nitrogens with two attached hydrogens (primary N) is 1. The minimum absolute atomic E-state index is 0.0159. The topological polar surface area (TPSA) is 84.9 Å². The second-order valence-electron chi connectivity index (χ2n) is 2.54. The zero-order chi connectivity index (χ0) is 11.5. The predicted octanol–water partition coefficient (Wildman–Crippen LogP) is 0.702. The highest BCUT2D eigenvalue weighted by Gasteiger charge is 2.28. The maximum absolute atomic E-state index is 11.8. The fraction of sp³-hybridized carbons (Fsp3) is 0.286. The molecule has 0 fully saturated rings. The molecule has 0 aliphatic heterocycles. The summed E-state index contributed by atoms with van der Waals surface area (Å²) in [5, 5.41) is 7.00. The molecule has 1 rings (SSSR count). The number of nitrogens with zero attached hydrogens (tertiary/aromatic N) is 2. The van der Waals surface area contributed by atoms with Crippen LogP contribution >= 0.6 is 0 Å². The van der Waals surface area contributed by atoms with Crippen molar-refractivity contribution in [2.45, 2.75) is 6.18 Å². The molecule has 0 unspecified atom stereocenters. The number of aromatic nitrogens is 2. The second-order valence-corrected chi connectivity index (χ2v) is 2.54. The summed E-state index contributed by atoms with van der Waals surface area (Å²) >= 11 is 0. The van der Waals surface area contributed by atoms with Crippen LogP contribution in [0.5, 0.6) is 6.01 Å². The van der Waals surface area contributed by atoms with E-state index < -0.39 is 18.8 Å². The maximum atomic E-state index is 11.8. The molecule has 0 aliphatic rings. The van der Waals surface area contributed by atoms with Gasteiger partial charge in [0.2, 0.25) is 0 Å². The lowest BCUT2D eigenvalue weighted by Crippen LogP contribution is -2.21. The van der Waals surface area contributed by atoms with Crippen LogP contribution in [-0.4, -0.2) is 28.6 Å². The van der Waals surface area contributed by atoms with Crippen molar-refractivity contribution in [3.63, 3.8) is 0 Å². The van der Waals surface area contributed by atoms with Crippen molar-refractivity contribution in [1.82, 2.24) is 9.97 Å². The van der Waals surface area contributed by atoms with E-state index in [1.165, 1.54) is 6.07 Å². The van der Waals surface area contributed by atoms with Gasteiger partial charge in [-0.05, 0) is 6.07 Å². The molecule has 0 radical (unpaired) electrons. The molecule has 1 heterocycles. The summed E-state index contributed by atoms with van der Waals surface area (Å²) in [7, 11) is 0. The van der Waals surface area contributed by atoms with E-state index in [0.29, 0.717) is 0 Å². The molecule has 5 nitrogen and oxygen atoms in total. The minimum atomic E-state index is -4.45. The summed E-state index contributed by atoms with van der Waals surface area (Å²) in [6.45, 7) is -1.48. The molecule has 8 heteroatoms. The third kappa shape index (κ3) is 3.79. The van der Waals surface area contributed by atoms with E-state index >= 15 is 0 Å². The smallest absolute Gasteiger partial charge is 0.422 e. The molecule has 0 atom stereocenters. The number of hydrogen-bond acceptors (Lipinski definition) is 4. The summed E-state index contributed by atoms with van der Waals surface area (Å²) < 4.78 is 39.5.